The lowest BCUT2D eigenvalue weighted by molar-refractivity contribution is -0.384. The van der Waals surface area contributed by atoms with E-state index < -0.39 is 4.92 Å². The topological polar surface area (TPSA) is 75.5 Å². The summed E-state index contributed by atoms with van der Waals surface area (Å²) in [5.74, 6) is 0.0967. The van der Waals surface area contributed by atoms with Crippen LogP contribution in [0.2, 0.25) is 0 Å². The molecule has 1 saturated heterocycles. The van der Waals surface area contributed by atoms with E-state index in [2.05, 4.69) is 12.2 Å². The second kappa shape index (κ2) is 7.17. The van der Waals surface area contributed by atoms with Gasteiger partial charge in [-0.15, -0.1) is 0 Å². The maximum absolute atomic E-state index is 12.5. The quantitative estimate of drug-likeness (QED) is 0.640. The Balaban J connectivity index is 2.01. The van der Waals surface area contributed by atoms with Gasteiger partial charge in [-0.3, -0.25) is 14.9 Å². The molecule has 0 aromatic heterocycles. The number of rotatable bonds is 6. The third-order valence-corrected chi connectivity index (χ3v) is 3.76. The third kappa shape index (κ3) is 4.01. The summed E-state index contributed by atoms with van der Waals surface area (Å²) in [6.45, 7) is 4.63. The summed E-state index contributed by atoms with van der Waals surface area (Å²) in [6, 6.07) is 6.49. The monoisotopic (exact) mass is 291 g/mol. The van der Waals surface area contributed by atoms with Crippen molar-refractivity contribution >= 4 is 11.6 Å². The number of nitrogens with one attached hydrogen (secondary N) is 1. The zero-order valence-corrected chi connectivity index (χ0v) is 12.2. The maximum atomic E-state index is 12.5. The van der Waals surface area contributed by atoms with E-state index in [1.807, 2.05) is 4.90 Å². The predicted octanol–water partition coefficient (Wildman–Crippen LogP) is 1.74. The van der Waals surface area contributed by atoms with Crippen LogP contribution in [0.4, 0.5) is 5.69 Å². The molecule has 1 aliphatic rings. The average molecular weight is 291 g/mol. The number of amides is 1. The third-order valence-electron chi connectivity index (χ3n) is 3.76. The van der Waals surface area contributed by atoms with Gasteiger partial charge in [-0.05, 0) is 24.9 Å². The van der Waals surface area contributed by atoms with Crippen LogP contribution in [0.25, 0.3) is 0 Å². The fraction of sp³-hybridized carbons (Fsp3) is 0.533. The number of non-ortho nitro benzene ring substituents is 1. The molecule has 1 heterocycles. The molecule has 114 valence electrons. The number of nitro benzene ring substituents is 1. The number of nitro groups is 1. The highest BCUT2D eigenvalue weighted by molar-refractivity contribution is 5.79. The Bertz CT molecular complexity index is 495. The lowest BCUT2D eigenvalue weighted by atomic mass is 10.1. The lowest BCUT2D eigenvalue weighted by Crippen LogP contribution is -2.42. The molecule has 0 radical (unpaired) electrons. The SMILES string of the molecule is CCCN(C(=O)Cc1ccc([N+](=O)[O-])cc1)C1CCNC1. The Morgan fingerprint density at radius 3 is 2.67 bits per heavy atom. The van der Waals surface area contributed by atoms with E-state index in [-0.39, 0.29) is 17.6 Å². The second-order valence-corrected chi connectivity index (χ2v) is 5.33. The summed E-state index contributed by atoms with van der Waals surface area (Å²) in [5.41, 5.74) is 0.870. The number of hydrogen-bond donors (Lipinski definition) is 1. The second-order valence-electron chi connectivity index (χ2n) is 5.33. The first-order valence-corrected chi connectivity index (χ1v) is 7.35. The highest BCUT2D eigenvalue weighted by Gasteiger charge is 2.25. The largest absolute Gasteiger partial charge is 0.338 e. The molecule has 0 spiro atoms. The van der Waals surface area contributed by atoms with E-state index in [0.717, 1.165) is 38.0 Å². The van der Waals surface area contributed by atoms with Gasteiger partial charge in [0.2, 0.25) is 5.91 Å². The summed E-state index contributed by atoms with van der Waals surface area (Å²) in [5, 5.41) is 13.9. The summed E-state index contributed by atoms with van der Waals surface area (Å²) < 4.78 is 0. The van der Waals surface area contributed by atoms with Crippen LogP contribution in [0.5, 0.6) is 0 Å². The summed E-state index contributed by atoms with van der Waals surface area (Å²) >= 11 is 0. The van der Waals surface area contributed by atoms with Crippen molar-refractivity contribution in [3.05, 3.63) is 39.9 Å². The molecule has 1 N–H and O–H groups in total. The van der Waals surface area contributed by atoms with Crippen LogP contribution in [0.1, 0.15) is 25.3 Å². The van der Waals surface area contributed by atoms with Crippen LogP contribution < -0.4 is 5.32 Å². The number of benzene rings is 1. The molecule has 6 nitrogen and oxygen atoms in total. The molecule has 1 unspecified atom stereocenters. The van der Waals surface area contributed by atoms with E-state index in [1.54, 1.807) is 12.1 Å². The molecule has 1 amide bonds. The van der Waals surface area contributed by atoms with Gasteiger partial charge in [-0.25, -0.2) is 0 Å². The van der Waals surface area contributed by atoms with Crippen LogP contribution in [0.3, 0.4) is 0 Å². The molecule has 1 fully saturated rings. The van der Waals surface area contributed by atoms with Gasteiger partial charge < -0.3 is 10.2 Å². The molecule has 0 saturated carbocycles. The van der Waals surface area contributed by atoms with Gasteiger partial charge in [0.25, 0.3) is 5.69 Å². The van der Waals surface area contributed by atoms with Crippen molar-refractivity contribution in [1.29, 1.82) is 0 Å². The first-order valence-electron chi connectivity index (χ1n) is 7.35. The van der Waals surface area contributed by atoms with Crippen molar-refractivity contribution in [1.82, 2.24) is 10.2 Å². The van der Waals surface area contributed by atoms with Crippen molar-refractivity contribution in [2.45, 2.75) is 32.2 Å². The van der Waals surface area contributed by atoms with Gasteiger partial charge in [0, 0.05) is 31.3 Å². The number of carbonyl (C=O) groups is 1. The standard InChI is InChI=1S/C15H21N3O3/c1-2-9-17(14-7-8-16-11-14)15(19)10-12-3-5-13(6-4-12)18(20)21/h3-6,14,16H,2,7-11H2,1H3. The van der Waals surface area contributed by atoms with E-state index >= 15 is 0 Å². The van der Waals surface area contributed by atoms with Crippen LogP contribution in [-0.4, -0.2) is 41.4 Å². The van der Waals surface area contributed by atoms with E-state index in [9.17, 15) is 14.9 Å². The average Bonchev–Trinajstić information content (AvgIpc) is 2.99. The minimum absolute atomic E-state index is 0.0524. The lowest BCUT2D eigenvalue weighted by Gasteiger charge is -2.28. The molecule has 1 aliphatic heterocycles. The molecule has 0 bridgehead atoms. The Hall–Kier alpha value is -1.95. The molecule has 1 aromatic rings. The van der Waals surface area contributed by atoms with Crippen molar-refractivity contribution < 1.29 is 9.72 Å². The molecule has 1 aromatic carbocycles. The van der Waals surface area contributed by atoms with Crippen molar-refractivity contribution in [2.24, 2.45) is 0 Å². The van der Waals surface area contributed by atoms with Crippen LogP contribution in [-0.2, 0) is 11.2 Å². The predicted molar refractivity (Wildman–Crippen MR) is 80.1 cm³/mol. The Kier molecular flexibility index (Phi) is 5.27. The Labute approximate surface area is 124 Å². The number of hydrogen-bond acceptors (Lipinski definition) is 4. The van der Waals surface area contributed by atoms with Gasteiger partial charge >= 0.3 is 0 Å². The smallest absolute Gasteiger partial charge is 0.269 e. The Morgan fingerprint density at radius 2 is 2.14 bits per heavy atom. The zero-order chi connectivity index (χ0) is 15.2. The minimum Gasteiger partial charge on any atom is -0.338 e. The molecular weight excluding hydrogens is 270 g/mol. The minimum atomic E-state index is -0.431. The highest BCUT2D eigenvalue weighted by Crippen LogP contribution is 2.15. The van der Waals surface area contributed by atoms with Crippen LogP contribution >= 0.6 is 0 Å². The van der Waals surface area contributed by atoms with Crippen molar-refractivity contribution in [3.8, 4) is 0 Å². The summed E-state index contributed by atoms with van der Waals surface area (Å²) in [7, 11) is 0. The number of carbonyl (C=O) groups excluding carboxylic acids is 1. The fourth-order valence-electron chi connectivity index (χ4n) is 2.67. The van der Waals surface area contributed by atoms with Gasteiger partial charge in [0.05, 0.1) is 11.3 Å². The molecule has 21 heavy (non-hydrogen) atoms. The fourth-order valence-corrected chi connectivity index (χ4v) is 2.67. The zero-order valence-electron chi connectivity index (χ0n) is 12.2. The van der Waals surface area contributed by atoms with Crippen LogP contribution in [0, 0.1) is 10.1 Å². The molecule has 2 rings (SSSR count). The normalized spacial score (nSPS) is 17.7. The molecule has 1 atom stereocenters. The van der Waals surface area contributed by atoms with Gasteiger partial charge in [0.15, 0.2) is 0 Å². The molecule has 6 heteroatoms. The van der Waals surface area contributed by atoms with Crippen LogP contribution in [0.15, 0.2) is 24.3 Å². The van der Waals surface area contributed by atoms with Crippen molar-refractivity contribution in [3.63, 3.8) is 0 Å². The number of nitrogens with zero attached hydrogens (tertiary/aromatic N) is 2. The molecule has 0 aliphatic carbocycles. The first kappa shape index (κ1) is 15.4. The van der Waals surface area contributed by atoms with E-state index in [1.165, 1.54) is 12.1 Å². The van der Waals surface area contributed by atoms with E-state index in [4.69, 9.17) is 0 Å². The van der Waals surface area contributed by atoms with Gasteiger partial charge in [0.1, 0.15) is 0 Å². The maximum Gasteiger partial charge on any atom is 0.269 e. The van der Waals surface area contributed by atoms with Gasteiger partial charge in [-0.2, -0.15) is 0 Å². The van der Waals surface area contributed by atoms with Gasteiger partial charge in [-0.1, -0.05) is 19.1 Å². The summed E-state index contributed by atoms with van der Waals surface area (Å²) in [6.07, 6.45) is 2.23. The molecular formula is C15H21N3O3. The highest BCUT2D eigenvalue weighted by atomic mass is 16.6. The Morgan fingerprint density at radius 1 is 1.43 bits per heavy atom. The first-order chi connectivity index (χ1) is 10.1. The summed E-state index contributed by atoms with van der Waals surface area (Å²) in [4.78, 5) is 24.6. The van der Waals surface area contributed by atoms with Crippen molar-refractivity contribution in [2.75, 3.05) is 19.6 Å². The van der Waals surface area contributed by atoms with E-state index in [0.29, 0.717) is 6.42 Å².